The number of rotatable bonds is 6. The van der Waals surface area contributed by atoms with Crippen LogP contribution < -0.4 is 11.1 Å². The second-order valence-electron chi connectivity index (χ2n) is 7.99. The van der Waals surface area contributed by atoms with Crippen LogP contribution in [0.5, 0.6) is 0 Å². The predicted molar refractivity (Wildman–Crippen MR) is 105 cm³/mol. The quantitative estimate of drug-likeness (QED) is 0.725. The highest BCUT2D eigenvalue weighted by Crippen LogP contribution is 2.37. The van der Waals surface area contributed by atoms with Gasteiger partial charge < -0.3 is 20.7 Å². The highest BCUT2D eigenvalue weighted by Gasteiger charge is 2.56. The zero-order valence-corrected chi connectivity index (χ0v) is 16.4. The Balaban J connectivity index is 1.66. The molecule has 1 saturated heterocycles. The summed E-state index contributed by atoms with van der Waals surface area (Å²) in [6.45, 7) is 3.03. The van der Waals surface area contributed by atoms with Gasteiger partial charge in [0, 0.05) is 25.9 Å². The molecule has 7 heteroatoms. The molecular formula is C21H29N3O4. The summed E-state index contributed by atoms with van der Waals surface area (Å²) in [7, 11) is 0. The Morgan fingerprint density at radius 1 is 1.21 bits per heavy atom. The van der Waals surface area contributed by atoms with E-state index in [9.17, 15) is 14.4 Å². The highest BCUT2D eigenvalue weighted by molar-refractivity contribution is 6.18. The predicted octanol–water partition coefficient (Wildman–Crippen LogP) is 1.79. The number of hydrogen-bond donors (Lipinski definition) is 2. The van der Waals surface area contributed by atoms with E-state index in [1.54, 1.807) is 0 Å². The largest absolute Gasteiger partial charge is 0.374 e. The number of ether oxygens (including phenoxy) is 1. The van der Waals surface area contributed by atoms with Gasteiger partial charge in [-0.1, -0.05) is 30.3 Å². The van der Waals surface area contributed by atoms with Gasteiger partial charge in [-0.2, -0.15) is 0 Å². The number of piperidine rings is 1. The van der Waals surface area contributed by atoms with Gasteiger partial charge in [0.05, 0.1) is 18.8 Å². The number of Topliss-reactive ketones (excluding diaryl/α,β-unsaturated/α-hetero) is 2. The van der Waals surface area contributed by atoms with E-state index < -0.39 is 17.1 Å². The topological polar surface area (TPSA) is 102 Å². The van der Waals surface area contributed by atoms with Crippen LogP contribution in [-0.2, 0) is 20.9 Å². The molecule has 2 aliphatic rings. The average Bonchev–Trinajstić information content (AvgIpc) is 2.98. The molecular weight excluding hydrogens is 358 g/mol. The number of ketones is 2. The van der Waals surface area contributed by atoms with E-state index in [4.69, 9.17) is 10.5 Å². The van der Waals surface area contributed by atoms with Gasteiger partial charge in [-0.15, -0.1) is 0 Å². The van der Waals surface area contributed by atoms with E-state index in [0.717, 1.165) is 18.4 Å². The number of nitrogens with one attached hydrogen (secondary N) is 1. The van der Waals surface area contributed by atoms with Crippen LogP contribution >= 0.6 is 0 Å². The number of benzene rings is 1. The summed E-state index contributed by atoms with van der Waals surface area (Å²) >= 11 is 0. The number of carbonyl (C=O) groups excluding carboxylic acids is 3. The van der Waals surface area contributed by atoms with Crippen molar-refractivity contribution < 1.29 is 19.1 Å². The summed E-state index contributed by atoms with van der Waals surface area (Å²) in [6, 6.07) is 9.33. The van der Waals surface area contributed by atoms with Crippen molar-refractivity contribution >= 4 is 17.6 Å². The smallest absolute Gasteiger partial charge is 0.319 e. The molecule has 0 bridgehead atoms. The van der Waals surface area contributed by atoms with Gasteiger partial charge in [0.15, 0.2) is 17.1 Å². The zero-order chi connectivity index (χ0) is 20.2. The number of amides is 2. The number of nitrogens with two attached hydrogens (primary N) is 1. The van der Waals surface area contributed by atoms with Crippen LogP contribution in [0.1, 0.15) is 44.6 Å². The third kappa shape index (κ3) is 3.95. The van der Waals surface area contributed by atoms with Crippen LogP contribution in [0.3, 0.4) is 0 Å². The summed E-state index contributed by atoms with van der Waals surface area (Å²) in [6.07, 6.45) is 2.41. The summed E-state index contributed by atoms with van der Waals surface area (Å²) in [5.41, 5.74) is 4.88. The van der Waals surface area contributed by atoms with Gasteiger partial charge in [-0.3, -0.25) is 9.59 Å². The molecule has 0 radical (unpaired) electrons. The highest BCUT2D eigenvalue weighted by atomic mass is 16.5. The second-order valence-corrected chi connectivity index (χ2v) is 7.99. The third-order valence-corrected chi connectivity index (χ3v) is 5.77. The van der Waals surface area contributed by atoms with Crippen LogP contribution in [0.15, 0.2) is 30.3 Å². The number of hydrogen-bond acceptors (Lipinski definition) is 5. The van der Waals surface area contributed by atoms with Crippen LogP contribution in [0.2, 0.25) is 0 Å². The molecule has 1 aliphatic heterocycles. The molecule has 28 heavy (non-hydrogen) atoms. The van der Waals surface area contributed by atoms with Crippen molar-refractivity contribution in [1.29, 1.82) is 0 Å². The lowest BCUT2D eigenvalue weighted by molar-refractivity contribution is -0.138. The van der Waals surface area contributed by atoms with Gasteiger partial charge in [-0.25, -0.2) is 4.79 Å². The van der Waals surface area contributed by atoms with Gasteiger partial charge >= 0.3 is 6.03 Å². The minimum atomic E-state index is -1.28. The SMILES string of the molecule is C[C@@](CN)(COCc1ccccc1)NC(=O)N1CCCCC12C(=O)CCC2=O. The van der Waals surface area contributed by atoms with Gasteiger partial charge in [0.2, 0.25) is 0 Å². The van der Waals surface area contributed by atoms with E-state index in [2.05, 4.69) is 5.32 Å². The molecule has 0 aromatic heterocycles. The van der Waals surface area contributed by atoms with E-state index in [1.165, 1.54) is 4.90 Å². The Morgan fingerprint density at radius 3 is 2.54 bits per heavy atom. The standard InChI is InChI=1S/C21H29N3O4/c1-20(14-22,15-28-13-16-7-3-2-4-8-16)23-19(27)24-12-6-5-11-21(24)17(25)9-10-18(21)26/h2-4,7-8H,5-6,9-15,22H2,1H3,(H,23,27)/t20-/m1/s1. The van der Waals surface area contributed by atoms with Crippen molar-refractivity contribution in [3.63, 3.8) is 0 Å². The maximum Gasteiger partial charge on any atom is 0.319 e. The minimum Gasteiger partial charge on any atom is -0.374 e. The van der Waals surface area contributed by atoms with Crippen molar-refractivity contribution in [2.24, 2.45) is 5.73 Å². The Kier molecular flexibility index (Phi) is 6.15. The molecule has 1 saturated carbocycles. The molecule has 1 spiro atoms. The lowest BCUT2D eigenvalue weighted by Gasteiger charge is -2.43. The first-order valence-electron chi connectivity index (χ1n) is 9.89. The Labute approximate surface area is 165 Å². The van der Waals surface area contributed by atoms with Crippen molar-refractivity contribution in [1.82, 2.24) is 10.2 Å². The first-order valence-corrected chi connectivity index (χ1v) is 9.89. The number of likely N-dealkylation sites (tertiary alicyclic amines) is 1. The summed E-state index contributed by atoms with van der Waals surface area (Å²) < 4.78 is 5.78. The molecule has 1 aromatic rings. The zero-order valence-electron chi connectivity index (χ0n) is 16.4. The van der Waals surface area contributed by atoms with Crippen molar-refractivity contribution in [2.75, 3.05) is 19.7 Å². The first kappa shape index (κ1) is 20.5. The fourth-order valence-corrected chi connectivity index (χ4v) is 4.07. The van der Waals surface area contributed by atoms with Gasteiger partial charge in [0.25, 0.3) is 0 Å². The summed E-state index contributed by atoms with van der Waals surface area (Å²) in [4.78, 5) is 39.6. The molecule has 7 nitrogen and oxygen atoms in total. The Morgan fingerprint density at radius 2 is 1.89 bits per heavy atom. The molecule has 1 aromatic carbocycles. The number of urea groups is 1. The number of nitrogens with zero attached hydrogens (tertiary/aromatic N) is 1. The van der Waals surface area contributed by atoms with Crippen LogP contribution in [0.4, 0.5) is 4.79 Å². The molecule has 3 N–H and O–H groups in total. The first-order chi connectivity index (χ1) is 13.4. The van der Waals surface area contributed by atoms with E-state index >= 15 is 0 Å². The molecule has 0 unspecified atom stereocenters. The lowest BCUT2D eigenvalue weighted by atomic mass is 9.83. The van der Waals surface area contributed by atoms with Crippen molar-refractivity contribution in [3.8, 4) is 0 Å². The van der Waals surface area contributed by atoms with E-state index in [-0.39, 0.29) is 37.6 Å². The molecule has 2 amide bonds. The Bertz CT molecular complexity index is 720. The van der Waals surface area contributed by atoms with E-state index in [0.29, 0.717) is 19.6 Å². The fraction of sp³-hybridized carbons (Fsp3) is 0.571. The molecule has 152 valence electrons. The monoisotopic (exact) mass is 387 g/mol. The summed E-state index contributed by atoms with van der Waals surface area (Å²) in [5, 5.41) is 2.92. The molecule has 2 fully saturated rings. The normalized spacial score (nSPS) is 21.0. The maximum atomic E-state index is 13.1. The van der Waals surface area contributed by atoms with Gasteiger partial charge in [-0.05, 0) is 31.7 Å². The van der Waals surface area contributed by atoms with Crippen molar-refractivity contribution in [2.45, 2.75) is 56.7 Å². The van der Waals surface area contributed by atoms with Crippen LogP contribution in [-0.4, -0.2) is 53.3 Å². The number of carbonyl (C=O) groups is 3. The molecule has 1 heterocycles. The third-order valence-electron chi connectivity index (χ3n) is 5.77. The molecule has 1 atom stereocenters. The molecule has 3 rings (SSSR count). The summed E-state index contributed by atoms with van der Waals surface area (Å²) in [5.74, 6) is -0.274. The maximum absolute atomic E-state index is 13.1. The average molecular weight is 387 g/mol. The molecule has 1 aliphatic carbocycles. The van der Waals surface area contributed by atoms with Crippen molar-refractivity contribution in [3.05, 3.63) is 35.9 Å². The van der Waals surface area contributed by atoms with E-state index in [1.807, 2.05) is 37.3 Å². The minimum absolute atomic E-state index is 0.137. The lowest BCUT2D eigenvalue weighted by Crippen LogP contribution is -2.66. The Hall–Kier alpha value is -2.25. The van der Waals surface area contributed by atoms with Crippen LogP contribution in [0, 0.1) is 0 Å². The van der Waals surface area contributed by atoms with Crippen LogP contribution in [0.25, 0.3) is 0 Å². The second kappa shape index (κ2) is 8.41. The van der Waals surface area contributed by atoms with Gasteiger partial charge in [0.1, 0.15) is 0 Å². The fourth-order valence-electron chi connectivity index (χ4n) is 4.07.